The zero-order valence-electron chi connectivity index (χ0n) is 21.4. The molecule has 11 atom stereocenters. The molecule has 0 heterocycles. The molecule has 190 valence electrons. The molecule has 4 fully saturated rings. The van der Waals surface area contributed by atoms with E-state index in [0.29, 0.717) is 35.3 Å². The number of aliphatic hydroxyl groups excluding tert-OH is 3. The normalized spacial score (nSPS) is 46.9. The van der Waals surface area contributed by atoms with E-state index in [2.05, 4.69) is 20.8 Å². The number of hydrogen-bond acceptors (Lipinski definition) is 4. The molecule has 1 aromatic rings. The second-order valence-electron chi connectivity index (χ2n) is 13.0. The Balaban J connectivity index is 1.31. The number of benzene rings is 1. The van der Waals surface area contributed by atoms with Gasteiger partial charge in [0.1, 0.15) is 5.75 Å². The average molecular weight is 471 g/mol. The van der Waals surface area contributed by atoms with Crippen LogP contribution in [0.25, 0.3) is 0 Å². The summed E-state index contributed by atoms with van der Waals surface area (Å²) in [6.07, 6.45) is 8.76. The van der Waals surface area contributed by atoms with Crippen molar-refractivity contribution in [3.05, 3.63) is 29.8 Å². The first kappa shape index (κ1) is 24.6. The minimum Gasteiger partial charge on any atom is -0.508 e. The van der Waals surface area contributed by atoms with E-state index in [9.17, 15) is 20.4 Å². The number of hydrogen-bond donors (Lipinski definition) is 4. The van der Waals surface area contributed by atoms with Gasteiger partial charge in [-0.15, -0.1) is 0 Å². The fourth-order valence-electron chi connectivity index (χ4n) is 9.67. The van der Waals surface area contributed by atoms with Crippen LogP contribution < -0.4 is 0 Å². The number of aryl methyl sites for hydroxylation is 1. The van der Waals surface area contributed by atoms with Gasteiger partial charge in [-0.3, -0.25) is 0 Å². The molecule has 0 saturated heterocycles. The Morgan fingerprint density at radius 3 is 2.50 bits per heavy atom. The molecule has 4 N–H and O–H groups in total. The second-order valence-corrected chi connectivity index (χ2v) is 13.0. The molecule has 0 aromatic heterocycles. The number of fused-ring (bicyclic) bond motifs is 5. The lowest BCUT2D eigenvalue weighted by atomic mass is 9.43. The SMILES string of the molecule is C[C@H](CCCc1ccccc1O)C1CC[C@H]2C3[C@H](O)C[C@@H]4C[C@H](O)CC[C@]4(C)[C@H]3C[C@H](O)[C@]12C. The average Bonchev–Trinajstić information content (AvgIpc) is 3.15. The Hall–Kier alpha value is -1.10. The van der Waals surface area contributed by atoms with Crippen molar-refractivity contribution in [2.24, 2.45) is 46.3 Å². The number of para-hydroxylation sites is 1. The van der Waals surface area contributed by atoms with Crippen molar-refractivity contribution in [2.75, 3.05) is 0 Å². The predicted octanol–water partition coefficient (Wildman–Crippen LogP) is 5.31. The Bertz CT molecular complexity index is 871. The molecule has 34 heavy (non-hydrogen) atoms. The molecule has 4 heteroatoms. The molecule has 0 bridgehead atoms. The molecule has 1 aromatic carbocycles. The van der Waals surface area contributed by atoms with Gasteiger partial charge in [0.15, 0.2) is 0 Å². The Morgan fingerprint density at radius 2 is 1.74 bits per heavy atom. The predicted molar refractivity (Wildman–Crippen MR) is 134 cm³/mol. The van der Waals surface area contributed by atoms with Crippen molar-refractivity contribution in [3.63, 3.8) is 0 Å². The summed E-state index contributed by atoms with van der Waals surface area (Å²) in [5, 5.41) is 43.5. The molecular weight excluding hydrogens is 424 g/mol. The highest BCUT2D eigenvalue weighted by atomic mass is 16.3. The van der Waals surface area contributed by atoms with Gasteiger partial charge in [-0.25, -0.2) is 0 Å². The summed E-state index contributed by atoms with van der Waals surface area (Å²) in [7, 11) is 0. The van der Waals surface area contributed by atoms with Gasteiger partial charge in [0.2, 0.25) is 0 Å². The fourth-order valence-corrected chi connectivity index (χ4v) is 9.67. The molecule has 0 amide bonds. The van der Waals surface area contributed by atoms with Gasteiger partial charge in [0.25, 0.3) is 0 Å². The van der Waals surface area contributed by atoms with Crippen molar-refractivity contribution in [3.8, 4) is 5.75 Å². The van der Waals surface area contributed by atoms with Crippen LogP contribution in [0.15, 0.2) is 24.3 Å². The maximum Gasteiger partial charge on any atom is 0.118 e. The standard InChI is InChI=1S/C30H46O4/c1-18(7-6-9-19-8-4-5-10-25(19)32)22-11-12-23-28-24(17-27(34)30(22,23)3)29(2)14-13-21(31)15-20(29)16-26(28)33/h4-5,8,10,18,20-24,26-28,31-34H,6-7,9,11-17H2,1-3H3/t18-,20+,21-,22?,23+,24+,26-,27+,28?,29+,30-/m1/s1. The Morgan fingerprint density at radius 1 is 0.971 bits per heavy atom. The molecule has 4 aliphatic carbocycles. The minimum absolute atomic E-state index is 0.131. The highest BCUT2D eigenvalue weighted by Gasteiger charge is 2.65. The van der Waals surface area contributed by atoms with Crippen LogP contribution in [0.4, 0.5) is 0 Å². The van der Waals surface area contributed by atoms with Crippen LogP contribution in [-0.2, 0) is 6.42 Å². The highest BCUT2D eigenvalue weighted by molar-refractivity contribution is 5.31. The third kappa shape index (κ3) is 3.83. The van der Waals surface area contributed by atoms with E-state index >= 15 is 0 Å². The molecule has 0 aliphatic heterocycles. The van der Waals surface area contributed by atoms with E-state index in [4.69, 9.17) is 0 Å². The summed E-state index contributed by atoms with van der Waals surface area (Å²) in [6.45, 7) is 7.09. The van der Waals surface area contributed by atoms with E-state index in [1.165, 1.54) is 0 Å². The Labute approximate surface area is 205 Å². The first-order chi connectivity index (χ1) is 16.2. The molecule has 0 spiro atoms. The van der Waals surface area contributed by atoms with Crippen molar-refractivity contribution >= 4 is 0 Å². The van der Waals surface area contributed by atoms with E-state index in [1.54, 1.807) is 6.07 Å². The van der Waals surface area contributed by atoms with Crippen molar-refractivity contribution < 1.29 is 20.4 Å². The van der Waals surface area contributed by atoms with Gasteiger partial charge < -0.3 is 20.4 Å². The number of aliphatic hydroxyl groups is 3. The number of aromatic hydroxyl groups is 1. The number of phenolic OH excluding ortho intramolecular Hbond substituents is 1. The largest absolute Gasteiger partial charge is 0.508 e. The monoisotopic (exact) mass is 470 g/mol. The fraction of sp³-hybridized carbons (Fsp3) is 0.800. The zero-order valence-corrected chi connectivity index (χ0v) is 21.4. The van der Waals surface area contributed by atoms with Crippen LogP contribution in [0, 0.1) is 46.3 Å². The van der Waals surface area contributed by atoms with E-state index < -0.39 is 0 Å². The molecule has 5 rings (SSSR count). The summed E-state index contributed by atoms with van der Waals surface area (Å²) in [5.74, 6) is 2.77. The van der Waals surface area contributed by atoms with Crippen molar-refractivity contribution in [2.45, 2.75) is 103 Å². The van der Waals surface area contributed by atoms with Gasteiger partial charge in [-0.1, -0.05) is 45.4 Å². The molecule has 4 aliphatic rings. The first-order valence-corrected chi connectivity index (χ1v) is 14.0. The lowest BCUT2D eigenvalue weighted by molar-refractivity contribution is -0.207. The number of phenols is 1. The smallest absolute Gasteiger partial charge is 0.118 e. The van der Waals surface area contributed by atoms with Crippen molar-refractivity contribution in [1.82, 2.24) is 0 Å². The van der Waals surface area contributed by atoms with Gasteiger partial charge in [0.05, 0.1) is 18.3 Å². The van der Waals surface area contributed by atoms with Crippen LogP contribution in [0.3, 0.4) is 0 Å². The summed E-state index contributed by atoms with van der Waals surface area (Å²) in [4.78, 5) is 0. The third-order valence-corrected chi connectivity index (χ3v) is 11.6. The van der Waals surface area contributed by atoms with Crippen LogP contribution in [0.5, 0.6) is 5.75 Å². The first-order valence-electron chi connectivity index (χ1n) is 14.0. The van der Waals surface area contributed by atoms with E-state index in [-0.39, 0.29) is 35.1 Å². The van der Waals surface area contributed by atoms with Gasteiger partial charge >= 0.3 is 0 Å². The lowest BCUT2D eigenvalue weighted by Crippen LogP contribution is -2.62. The van der Waals surface area contributed by atoms with Crippen molar-refractivity contribution in [1.29, 1.82) is 0 Å². The summed E-state index contributed by atoms with van der Waals surface area (Å²) < 4.78 is 0. The van der Waals surface area contributed by atoms with E-state index in [0.717, 1.165) is 69.8 Å². The van der Waals surface area contributed by atoms with Gasteiger partial charge in [0, 0.05) is 0 Å². The molecular formula is C30H46O4. The molecule has 2 unspecified atom stereocenters. The highest BCUT2D eigenvalue weighted by Crippen LogP contribution is 2.68. The van der Waals surface area contributed by atoms with E-state index in [1.807, 2.05) is 18.2 Å². The maximum atomic E-state index is 11.7. The van der Waals surface area contributed by atoms with Crippen LogP contribution in [-0.4, -0.2) is 38.7 Å². The summed E-state index contributed by atoms with van der Waals surface area (Å²) in [6, 6.07) is 7.64. The molecule has 0 radical (unpaired) electrons. The van der Waals surface area contributed by atoms with Crippen LogP contribution >= 0.6 is 0 Å². The van der Waals surface area contributed by atoms with Gasteiger partial charge in [-0.2, -0.15) is 0 Å². The molecule has 4 nitrogen and oxygen atoms in total. The minimum atomic E-state index is -0.318. The topological polar surface area (TPSA) is 80.9 Å². The summed E-state index contributed by atoms with van der Waals surface area (Å²) in [5.41, 5.74) is 1.03. The Kier molecular flexibility index (Phi) is 6.57. The van der Waals surface area contributed by atoms with Crippen LogP contribution in [0.1, 0.15) is 84.1 Å². The van der Waals surface area contributed by atoms with Gasteiger partial charge in [-0.05, 0) is 116 Å². The zero-order chi connectivity index (χ0) is 24.3. The maximum absolute atomic E-state index is 11.7. The quantitative estimate of drug-likeness (QED) is 0.470. The number of rotatable bonds is 5. The lowest BCUT2D eigenvalue weighted by Gasteiger charge is -2.63. The van der Waals surface area contributed by atoms with Crippen LogP contribution in [0.2, 0.25) is 0 Å². The molecule has 4 saturated carbocycles. The second kappa shape index (κ2) is 9.09. The summed E-state index contributed by atoms with van der Waals surface area (Å²) >= 11 is 0. The third-order valence-electron chi connectivity index (χ3n) is 11.6.